The smallest absolute Gasteiger partial charge is 0.232 e. The van der Waals surface area contributed by atoms with Crippen molar-refractivity contribution in [1.82, 2.24) is 14.8 Å². The second kappa shape index (κ2) is 8.69. The van der Waals surface area contributed by atoms with Gasteiger partial charge in [-0.3, -0.25) is 4.79 Å². The van der Waals surface area contributed by atoms with Gasteiger partial charge in [0.2, 0.25) is 5.91 Å². The van der Waals surface area contributed by atoms with Gasteiger partial charge in [-0.25, -0.2) is 4.98 Å². The number of thioether (sulfide) groups is 1. The van der Waals surface area contributed by atoms with E-state index in [9.17, 15) is 9.90 Å². The lowest BCUT2D eigenvalue weighted by Gasteiger charge is -2.56. The van der Waals surface area contributed by atoms with Crippen LogP contribution in [0.25, 0.3) is 0 Å². The van der Waals surface area contributed by atoms with E-state index in [1.807, 2.05) is 37.2 Å². The van der Waals surface area contributed by atoms with Crippen molar-refractivity contribution >= 4 is 17.7 Å². The lowest BCUT2D eigenvalue weighted by molar-refractivity contribution is -0.211. The molecule has 2 heterocycles. The van der Waals surface area contributed by atoms with Crippen LogP contribution in [0.1, 0.15) is 19.3 Å². The molecule has 1 aromatic heterocycles. The SMILES string of the molecule is CN(C)CCO[C@@H]1C[C@H](O)C12CCN(C(=O)CSc1ccccn1)CC2. The molecule has 1 saturated heterocycles. The highest BCUT2D eigenvalue weighted by Gasteiger charge is 2.56. The molecule has 0 bridgehead atoms. The fourth-order valence-electron chi connectivity index (χ4n) is 3.82. The molecular weight excluding hydrogens is 350 g/mol. The molecule has 2 aliphatic rings. The van der Waals surface area contributed by atoms with Gasteiger partial charge in [-0.1, -0.05) is 17.8 Å². The van der Waals surface area contributed by atoms with E-state index in [2.05, 4.69) is 9.88 Å². The molecular formula is C19H29N3O3S. The molecule has 2 atom stereocenters. The highest BCUT2D eigenvalue weighted by molar-refractivity contribution is 7.99. The van der Waals surface area contributed by atoms with Gasteiger partial charge in [-0.15, -0.1) is 0 Å². The third-order valence-electron chi connectivity index (χ3n) is 5.63. The van der Waals surface area contributed by atoms with Crippen molar-refractivity contribution in [3.05, 3.63) is 24.4 Å². The average molecular weight is 380 g/mol. The van der Waals surface area contributed by atoms with E-state index in [4.69, 9.17) is 4.74 Å². The summed E-state index contributed by atoms with van der Waals surface area (Å²) >= 11 is 1.48. The van der Waals surface area contributed by atoms with Gasteiger partial charge in [0.15, 0.2) is 0 Å². The minimum absolute atomic E-state index is 0.123. The molecule has 2 fully saturated rings. The van der Waals surface area contributed by atoms with E-state index in [1.165, 1.54) is 11.8 Å². The highest BCUT2D eigenvalue weighted by Crippen LogP contribution is 2.51. The maximum atomic E-state index is 12.5. The normalized spacial score (nSPS) is 24.7. The van der Waals surface area contributed by atoms with Crippen molar-refractivity contribution in [2.75, 3.05) is 46.1 Å². The van der Waals surface area contributed by atoms with E-state index in [1.54, 1.807) is 6.20 Å². The zero-order valence-corrected chi connectivity index (χ0v) is 16.5. The summed E-state index contributed by atoms with van der Waals surface area (Å²) in [5, 5.41) is 11.2. The average Bonchev–Trinajstić information content (AvgIpc) is 2.66. The minimum Gasteiger partial charge on any atom is -0.392 e. The number of carbonyl (C=O) groups is 1. The summed E-state index contributed by atoms with van der Waals surface area (Å²) in [5.74, 6) is 0.560. The van der Waals surface area contributed by atoms with Crippen LogP contribution in [0.5, 0.6) is 0 Å². The fourth-order valence-corrected chi connectivity index (χ4v) is 4.59. The van der Waals surface area contributed by atoms with Crippen LogP contribution >= 0.6 is 11.8 Å². The summed E-state index contributed by atoms with van der Waals surface area (Å²) in [6, 6.07) is 5.72. The van der Waals surface area contributed by atoms with Crippen LogP contribution < -0.4 is 0 Å². The summed E-state index contributed by atoms with van der Waals surface area (Å²) in [5.41, 5.74) is -0.156. The largest absolute Gasteiger partial charge is 0.392 e. The summed E-state index contributed by atoms with van der Waals surface area (Å²) in [7, 11) is 4.06. The van der Waals surface area contributed by atoms with Crippen LogP contribution in [-0.2, 0) is 9.53 Å². The number of rotatable bonds is 7. The maximum Gasteiger partial charge on any atom is 0.232 e. The number of pyridine rings is 1. The van der Waals surface area contributed by atoms with Gasteiger partial charge >= 0.3 is 0 Å². The van der Waals surface area contributed by atoms with Crippen molar-refractivity contribution in [2.45, 2.75) is 36.5 Å². The Morgan fingerprint density at radius 3 is 2.81 bits per heavy atom. The van der Waals surface area contributed by atoms with Crippen LogP contribution in [0.2, 0.25) is 0 Å². The van der Waals surface area contributed by atoms with Crippen LogP contribution in [0.3, 0.4) is 0 Å². The molecule has 144 valence electrons. The number of ether oxygens (including phenoxy) is 1. The maximum absolute atomic E-state index is 12.5. The predicted octanol–water partition coefficient (Wildman–Crippen LogP) is 1.49. The number of piperidine rings is 1. The molecule has 1 N–H and O–H groups in total. The number of aliphatic hydroxyl groups excluding tert-OH is 1. The summed E-state index contributed by atoms with van der Waals surface area (Å²) < 4.78 is 6.04. The van der Waals surface area contributed by atoms with E-state index in [-0.39, 0.29) is 23.5 Å². The third kappa shape index (κ3) is 4.39. The molecule has 0 radical (unpaired) electrons. The molecule has 26 heavy (non-hydrogen) atoms. The molecule has 7 heteroatoms. The van der Waals surface area contributed by atoms with E-state index in [0.29, 0.717) is 25.4 Å². The fraction of sp³-hybridized carbons (Fsp3) is 0.684. The van der Waals surface area contributed by atoms with Gasteiger partial charge in [0.25, 0.3) is 0 Å². The highest BCUT2D eigenvalue weighted by atomic mass is 32.2. The summed E-state index contributed by atoms with van der Waals surface area (Å²) in [4.78, 5) is 20.7. The number of likely N-dealkylation sites (tertiary alicyclic amines) is 1. The summed E-state index contributed by atoms with van der Waals surface area (Å²) in [6.07, 6.45) is 3.93. The zero-order valence-electron chi connectivity index (χ0n) is 15.6. The quantitative estimate of drug-likeness (QED) is 0.724. The second-order valence-electron chi connectivity index (χ2n) is 7.48. The number of likely N-dealkylation sites (N-methyl/N-ethyl adjacent to an activating group) is 1. The molecule has 1 saturated carbocycles. The zero-order chi connectivity index (χ0) is 18.6. The first-order chi connectivity index (χ1) is 12.5. The molecule has 3 rings (SSSR count). The Balaban J connectivity index is 1.46. The standard InChI is InChI=1S/C19H29N3O3S/c1-21(2)11-12-25-16-13-15(23)19(16)6-9-22(10-7-19)18(24)14-26-17-5-3-4-8-20-17/h3-5,8,15-16,23H,6-7,9-14H2,1-2H3/t15-,16+/m0/s1. The monoisotopic (exact) mass is 379 g/mol. The van der Waals surface area contributed by atoms with Crippen molar-refractivity contribution in [3.63, 3.8) is 0 Å². The number of hydrogen-bond donors (Lipinski definition) is 1. The van der Waals surface area contributed by atoms with Gasteiger partial charge in [-0.2, -0.15) is 0 Å². The number of amides is 1. The number of carbonyl (C=O) groups excluding carboxylic acids is 1. The van der Waals surface area contributed by atoms with Crippen molar-refractivity contribution in [2.24, 2.45) is 5.41 Å². The molecule has 0 unspecified atom stereocenters. The Kier molecular flexibility index (Phi) is 6.55. The topological polar surface area (TPSA) is 65.9 Å². The Morgan fingerprint density at radius 1 is 1.42 bits per heavy atom. The third-order valence-corrected chi connectivity index (χ3v) is 6.56. The molecule has 1 amide bonds. The Morgan fingerprint density at radius 2 is 2.19 bits per heavy atom. The number of aliphatic hydroxyl groups is 1. The number of aromatic nitrogens is 1. The Labute approximate surface area is 159 Å². The van der Waals surface area contributed by atoms with Crippen LogP contribution in [0.15, 0.2) is 29.4 Å². The lowest BCUT2D eigenvalue weighted by Crippen LogP contribution is -2.63. The first kappa shape index (κ1) is 19.6. The molecule has 1 aromatic rings. The van der Waals surface area contributed by atoms with Gasteiger partial charge < -0.3 is 19.6 Å². The van der Waals surface area contributed by atoms with Gasteiger partial charge in [0.1, 0.15) is 0 Å². The van der Waals surface area contributed by atoms with Gasteiger partial charge in [0.05, 0.1) is 29.6 Å². The molecule has 1 aliphatic heterocycles. The summed E-state index contributed by atoms with van der Waals surface area (Å²) in [6.45, 7) is 2.98. The molecule has 1 aliphatic carbocycles. The Hall–Kier alpha value is -1.15. The minimum atomic E-state index is -0.299. The van der Waals surface area contributed by atoms with Crippen LogP contribution in [-0.4, -0.2) is 84.1 Å². The first-order valence-corrected chi connectivity index (χ1v) is 10.3. The van der Waals surface area contributed by atoms with E-state index < -0.39 is 0 Å². The first-order valence-electron chi connectivity index (χ1n) is 9.27. The van der Waals surface area contributed by atoms with Crippen molar-refractivity contribution in [3.8, 4) is 0 Å². The number of nitrogens with zero attached hydrogens (tertiary/aromatic N) is 3. The van der Waals surface area contributed by atoms with Gasteiger partial charge in [0, 0.05) is 37.7 Å². The number of hydrogen-bond acceptors (Lipinski definition) is 6. The van der Waals surface area contributed by atoms with E-state index >= 15 is 0 Å². The van der Waals surface area contributed by atoms with Crippen LogP contribution in [0.4, 0.5) is 0 Å². The Bertz CT molecular complexity index is 591. The second-order valence-corrected chi connectivity index (χ2v) is 8.48. The molecule has 6 nitrogen and oxygen atoms in total. The van der Waals surface area contributed by atoms with Crippen molar-refractivity contribution < 1.29 is 14.6 Å². The van der Waals surface area contributed by atoms with Crippen LogP contribution in [0, 0.1) is 5.41 Å². The van der Waals surface area contributed by atoms with E-state index in [0.717, 1.165) is 30.8 Å². The van der Waals surface area contributed by atoms with Gasteiger partial charge in [-0.05, 0) is 39.1 Å². The van der Waals surface area contributed by atoms with Crippen molar-refractivity contribution in [1.29, 1.82) is 0 Å². The predicted molar refractivity (Wildman–Crippen MR) is 102 cm³/mol. The lowest BCUT2D eigenvalue weighted by atomic mass is 9.58. The molecule has 0 aromatic carbocycles. The molecule has 1 spiro atoms.